The summed E-state index contributed by atoms with van der Waals surface area (Å²) < 4.78 is 0. The number of hydroxylamine groups is 2. The number of fused-ring (bicyclic) bond motifs is 3. The van der Waals surface area contributed by atoms with E-state index in [4.69, 9.17) is 5.21 Å². The average molecular weight is 225 g/mol. The van der Waals surface area contributed by atoms with Crippen molar-refractivity contribution in [2.45, 2.75) is 0 Å². The molecule has 84 valence electrons. The molecule has 0 bridgehead atoms. The van der Waals surface area contributed by atoms with Gasteiger partial charge in [0.2, 0.25) is 0 Å². The molecule has 0 saturated carbocycles. The normalized spacial score (nSPS) is 14.1. The fourth-order valence-corrected chi connectivity index (χ4v) is 2.33. The van der Waals surface area contributed by atoms with E-state index >= 15 is 0 Å². The maximum Gasteiger partial charge on any atom is 0.135 e. The van der Waals surface area contributed by atoms with Gasteiger partial charge in [0.15, 0.2) is 0 Å². The Morgan fingerprint density at radius 3 is 1.65 bits per heavy atom. The zero-order chi connectivity index (χ0) is 11.8. The van der Waals surface area contributed by atoms with Crippen LogP contribution in [0, 0.1) is 5.21 Å². The maximum absolute atomic E-state index is 10.9. The van der Waals surface area contributed by atoms with E-state index < -0.39 is 5.23 Å². The summed E-state index contributed by atoms with van der Waals surface area (Å²) in [6.07, 6.45) is 1.28. The van der Waals surface area contributed by atoms with E-state index in [1.165, 1.54) is 6.20 Å². The molecular weight excluding hydrogens is 214 g/mol. The van der Waals surface area contributed by atoms with E-state index in [9.17, 15) is 5.21 Å². The third kappa shape index (κ3) is 1.57. The van der Waals surface area contributed by atoms with E-state index in [-0.39, 0.29) is 0 Å². The Morgan fingerprint density at radius 1 is 0.824 bits per heavy atom. The van der Waals surface area contributed by atoms with Crippen molar-refractivity contribution in [2.24, 2.45) is 0 Å². The molecule has 0 aromatic heterocycles. The second-order valence-electron chi connectivity index (χ2n) is 3.99. The largest absolute Gasteiger partial charge is 0.595 e. The first-order valence-corrected chi connectivity index (χ1v) is 5.41. The quantitative estimate of drug-likeness (QED) is 0.621. The van der Waals surface area contributed by atoms with Gasteiger partial charge in [-0.2, -0.15) is 0 Å². The monoisotopic (exact) mass is 225 g/mol. The lowest BCUT2D eigenvalue weighted by molar-refractivity contribution is -1.00. The standard InChI is InChI=1S/C14H11NO2/c16-15(17)9-14-12-7-3-1-5-10(12)11-6-2-4-8-13(11)14/h1-9,15-16H. The molecule has 0 amide bonds. The van der Waals surface area contributed by atoms with Crippen LogP contribution in [-0.4, -0.2) is 5.21 Å². The van der Waals surface area contributed by atoms with Crippen LogP contribution in [0.25, 0.3) is 16.7 Å². The third-order valence-corrected chi connectivity index (χ3v) is 2.99. The van der Waals surface area contributed by atoms with Crippen LogP contribution in [-0.2, 0) is 0 Å². The molecule has 0 spiro atoms. The number of benzene rings is 2. The Morgan fingerprint density at radius 2 is 1.24 bits per heavy atom. The summed E-state index contributed by atoms with van der Waals surface area (Å²) in [5.74, 6) is 0. The van der Waals surface area contributed by atoms with Gasteiger partial charge >= 0.3 is 0 Å². The molecule has 0 fully saturated rings. The Kier molecular flexibility index (Phi) is 2.30. The minimum absolute atomic E-state index is 0.795. The van der Waals surface area contributed by atoms with Crippen molar-refractivity contribution in [3.8, 4) is 11.1 Å². The Hall–Kier alpha value is -1.94. The van der Waals surface area contributed by atoms with Crippen LogP contribution in [0.1, 0.15) is 11.1 Å². The van der Waals surface area contributed by atoms with E-state index in [0.717, 1.165) is 27.8 Å². The van der Waals surface area contributed by atoms with E-state index in [1.54, 1.807) is 0 Å². The molecule has 1 unspecified atom stereocenters. The second-order valence-corrected chi connectivity index (χ2v) is 3.99. The summed E-state index contributed by atoms with van der Waals surface area (Å²) in [4.78, 5) is 0. The topological polar surface area (TPSA) is 47.7 Å². The van der Waals surface area contributed by atoms with Gasteiger partial charge in [-0.25, -0.2) is 10.4 Å². The molecule has 1 aliphatic rings. The van der Waals surface area contributed by atoms with Crippen molar-refractivity contribution in [2.75, 3.05) is 0 Å². The summed E-state index contributed by atoms with van der Waals surface area (Å²) in [7, 11) is 0. The second kappa shape index (κ2) is 3.82. The molecule has 3 nitrogen and oxygen atoms in total. The highest BCUT2D eigenvalue weighted by molar-refractivity contribution is 6.00. The van der Waals surface area contributed by atoms with Gasteiger partial charge in [-0.15, -0.1) is 0 Å². The summed E-state index contributed by atoms with van der Waals surface area (Å²) in [6, 6.07) is 15.8. The summed E-state index contributed by atoms with van der Waals surface area (Å²) in [5.41, 5.74) is 5.00. The number of hydrogen-bond donors (Lipinski definition) is 2. The molecule has 0 saturated heterocycles. The number of rotatable bonds is 1. The van der Waals surface area contributed by atoms with E-state index in [1.807, 2.05) is 48.5 Å². The molecule has 1 atom stereocenters. The van der Waals surface area contributed by atoms with Crippen LogP contribution in [0.2, 0.25) is 0 Å². The predicted molar refractivity (Wildman–Crippen MR) is 65.1 cm³/mol. The lowest BCUT2D eigenvalue weighted by Gasteiger charge is -2.08. The zero-order valence-electron chi connectivity index (χ0n) is 9.05. The lowest BCUT2D eigenvalue weighted by Crippen LogP contribution is -2.99. The number of quaternary nitrogens is 1. The van der Waals surface area contributed by atoms with Gasteiger partial charge in [-0.1, -0.05) is 48.5 Å². The van der Waals surface area contributed by atoms with Crippen LogP contribution < -0.4 is 5.23 Å². The first-order valence-electron chi connectivity index (χ1n) is 5.41. The summed E-state index contributed by atoms with van der Waals surface area (Å²) in [5, 5.41) is 18.9. The zero-order valence-corrected chi connectivity index (χ0v) is 9.05. The lowest BCUT2D eigenvalue weighted by atomic mass is 10.1. The molecule has 3 rings (SSSR count). The van der Waals surface area contributed by atoms with Gasteiger partial charge in [-0.3, -0.25) is 0 Å². The summed E-state index contributed by atoms with van der Waals surface area (Å²) >= 11 is 0. The highest BCUT2D eigenvalue weighted by Crippen LogP contribution is 2.43. The number of nitrogens with one attached hydrogen (secondary N) is 1. The first-order chi connectivity index (χ1) is 8.27. The van der Waals surface area contributed by atoms with Crippen LogP contribution in [0.4, 0.5) is 0 Å². The van der Waals surface area contributed by atoms with E-state index in [2.05, 4.69) is 0 Å². The highest BCUT2D eigenvalue weighted by atomic mass is 16.8. The van der Waals surface area contributed by atoms with Gasteiger partial charge in [0.1, 0.15) is 6.20 Å². The summed E-state index contributed by atoms with van der Waals surface area (Å²) in [6.45, 7) is 0. The van der Waals surface area contributed by atoms with Gasteiger partial charge in [0, 0.05) is 5.57 Å². The Bertz CT molecular complexity index is 555. The van der Waals surface area contributed by atoms with Gasteiger partial charge in [-0.05, 0) is 22.3 Å². The predicted octanol–water partition coefficient (Wildman–Crippen LogP) is 1.83. The molecule has 17 heavy (non-hydrogen) atoms. The highest BCUT2D eigenvalue weighted by Gasteiger charge is 2.23. The molecule has 2 aromatic carbocycles. The van der Waals surface area contributed by atoms with Crippen molar-refractivity contribution < 1.29 is 10.4 Å². The molecule has 2 aromatic rings. The number of hydrogen-bond acceptors (Lipinski definition) is 2. The average Bonchev–Trinajstić information content (AvgIpc) is 2.65. The van der Waals surface area contributed by atoms with Crippen molar-refractivity contribution in [1.82, 2.24) is 0 Å². The van der Waals surface area contributed by atoms with Crippen LogP contribution >= 0.6 is 0 Å². The van der Waals surface area contributed by atoms with Gasteiger partial charge < -0.3 is 5.21 Å². The first kappa shape index (κ1) is 10.2. The smallest absolute Gasteiger partial charge is 0.135 e. The SMILES string of the molecule is [O-][NH+](O)C=C1c2ccccc2-c2ccccc21. The van der Waals surface area contributed by atoms with Crippen molar-refractivity contribution >= 4 is 5.57 Å². The van der Waals surface area contributed by atoms with Crippen LogP contribution in [0.5, 0.6) is 0 Å². The van der Waals surface area contributed by atoms with Crippen molar-refractivity contribution in [3.05, 3.63) is 71.1 Å². The fourth-order valence-electron chi connectivity index (χ4n) is 2.33. The minimum atomic E-state index is -0.911. The van der Waals surface area contributed by atoms with Crippen molar-refractivity contribution in [1.29, 1.82) is 0 Å². The molecular formula is C14H11NO2. The molecule has 0 radical (unpaired) electrons. The molecule has 2 N–H and O–H groups in total. The molecule has 0 aliphatic heterocycles. The molecule has 1 aliphatic carbocycles. The van der Waals surface area contributed by atoms with Crippen molar-refractivity contribution in [3.63, 3.8) is 0 Å². The Labute approximate surface area is 98.8 Å². The fraction of sp³-hybridized carbons (Fsp3) is 0. The minimum Gasteiger partial charge on any atom is -0.595 e. The van der Waals surface area contributed by atoms with Crippen LogP contribution in [0.3, 0.4) is 0 Å². The maximum atomic E-state index is 10.9. The third-order valence-electron chi connectivity index (χ3n) is 2.99. The molecule has 3 heteroatoms. The van der Waals surface area contributed by atoms with E-state index in [0.29, 0.717) is 0 Å². The van der Waals surface area contributed by atoms with Gasteiger partial charge in [0.25, 0.3) is 0 Å². The Balaban J connectivity index is 2.31. The molecule has 0 heterocycles. The van der Waals surface area contributed by atoms with Crippen LogP contribution in [0.15, 0.2) is 54.7 Å². The van der Waals surface area contributed by atoms with Gasteiger partial charge in [0.05, 0.1) is 0 Å².